The molecule has 70 heavy (non-hydrogen) atoms. The van der Waals surface area contributed by atoms with Crippen LogP contribution in [0.25, 0.3) is 0 Å². The lowest BCUT2D eigenvalue weighted by molar-refractivity contribution is -0.159. The SMILES string of the molecule is CC(C)(C)OC(=O)NCCCC[C@H](N)C(=O)NCCOCCOCCOCCOCCOCCOCCOCCOCCC(=O)N[C@@H](CCCCNC(=S)CCc1ccc(I)cc1)C(=O)OC(C)(C)C. The van der Waals surface area contributed by atoms with Gasteiger partial charge in [0.25, 0.3) is 0 Å². The smallest absolute Gasteiger partial charge is 0.407 e. The summed E-state index contributed by atoms with van der Waals surface area (Å²) in [5.74, 6) is -0.961. The van der Waals surface area contributed by atoms with E-state index in [1.165, 1.54) is 9.13 Å². The van der Waals surface area contributed by atoms with Crippen LogP contribution in [0, 0.1) is 3.57 Å². The van der Waals surface area contributed by atoms with Crippen molar-refractivity contribution in [1.29, 1.82) is 0 Å². The molecule has 0 bridgehead atoms. The van der Waals surface area contributed by atoms with Gasteiger partial charge in [-0.1, -0.05) is 24.4 Å². The van der Waals surface area contributed by atoms with E-state index in [0.29, 0.717) is 151 Å². The average Bonchev–Trinajstić information content (AvgIpc) is 3.29. The lowest BCUT2D eigenvalue weighted by Gasteiger charge is -2.24. The van der Waals surface area contributed by atoms with Gasteiger partial charge in [0, 0.05) is 36.0 Å². The first kappa shape index (κ1) is 65.2. The van der Waals surface area contributed by atoms with Crippen LogP contribution in [0.4, 0.5) is 4.79 Å². The summed E-state index contributed by atoms with van der Waals surface area (Å²) in [7, 11) is 0. The predicted molar refractivity (Wildman–Crippen MR) is 280 cm³/mol. The van der Waals surface area contributed by atoms with Gasteiger partial charge in [-0.15, -0.1) is 0 Å². The second-order valence-electron chi connectivity index (χ2n) is 18.1. The van der Waals surface area contributed by atoms with E-state index in [2.05, 4.69) is 68.1 Å². The predicted octanol–water partition coefficient (Wildman–Crippen LogP) is 4.80. The number of aryl methyl sites for hydroxylation is 1. The highest BCUT2D eigenvalue weighted by molar-refractivity contribution is 14.1. The topological polar surface area (TPSA) is 235 Å². The number of nitrogens with one attached hydrogen (secondary N) is 4. The van der Waals surface area contributed by atoms with Crippen LogP contribution in [0.15, 0.2) is 24.3 Å². The molecule has 1 aromatic rings. The fraction of sp³-hybridized carbons (Fsp3) is 0.776. The Hall–Kier alpha value is -2.84. The molecule has 2 atom stereocenters. The van der Waals surface area contributed by atoms with Gasteiger partial charge in [0.1, 0.15) is 17.2 Å². The lowest BCUT2D eigenvalue weighted by Crippen LogP contribution is -2.44. The number of nitrogens with two attached hydrogens (primary N) is 1. The summed E-state index contributed by atoms with van der Waals surface area (Å²) in [6.45, 7) is 18.7. The van der Waals surface area contributed by atoms with Crippen molar-refractivity contribution in [3.05, 3.63) is 33.4 Å². The number of alkyl carbamates (subject to hydrolysis) is 1. The highest BCUT2D eigenvalue weighted by Gasteiger charge is 2.26. The minimum Gasteiger partial charge on any atom is -0.458 e. The minimum absolute atomic E-state index is 0.110. The Bertz CT molecular complexity index is 1540. The molecular weight excluding hydrogens is 1040 g/mol. The van der Waals surface area contributed by atoms with Crippen LogP contribution in [0.3, 0.4) is 0 Å². The third-order valence-corrected chi connectivity index (χ3v) is 10.5. The molecule has 6 N–H and O–H groups in total. The molecule has 0 heterocycles. The van der Waals surface area contributed by atoms with E-state index < -0.39 is 35.3 Å². The first-order valence-electron chi connectivity index (χ1n) is 24.6. The molecule has 21 heteroatoms. The molecule has 404 valence electrons. The van der Waals surface area contributed by atoms with Crippen molar-refractivity contribution in [3.63, 3.8) is 0 Å². The molecule has 0 aliphatic heterocycles. The molecule has 0 fully saturated rings. The van der Waals surface area contributed by atoms with Gasteiger partial charge in [-0.05, 0) is 127 Å². The third kappa shape index (κ3) is 41.7. The van der Waals surface area contributed by atoms with Crippen LogP contribution in [-0.4, -0.2) is 177 Å². The maximum atomic E-state index is 12.9. The molecular formula is C49H86IN5O14S. The van der Waals surface area contributed by atoms with E-state index in [4.69, 9.17) is 65.3 Å². The summed E-state index contributed by atoms with van der Waals surface area (Å²) in [4.78, 5) is 50.2. The highest BCUT2D eigenvalue weighted by Crippen LogP contribution is 2.13. The Morgan fingerprint density at radius 2 is 1.00 bits per heavy atom. The van der Waals surface area contributed by atoms with Crippen LogP contribution in [0.5, 0.6) is 0 Å². The monoisotopic (exact) mass is 1130 g/mol. The molecule has 0 saturated heterocycles. The van der Waals surface area contributed by atoms with Gasteiger partial charge in [0.2, 0.25) is 11.8 Å². The van der Waals surface area contributed by atoms with Crippen molar-refractivity contribution in [2.45, 2.75) is 123 Å². The molecule has 0 unspecified atom stereocenters. The number of halogens is 1. The van der Waals surface area contributed by atoms with E-state index in [0.717, 1.165) is 24.3 Å². The Morgan fingerprint density at radius 1 is 0.557 bits per heavy atom. The number of ether oxygens (including phenoxy) is 10. The zero-order valence-corrected chi connectivity index (χ0v) is 45.8. The first-order valence-corrected chi connectivity index (χ1v) is 26.1. The number of hydrogen-bond acceptors (Lipinski definition) is 16. The summed E-state index contributed by atoms with van der Waals surface area (Å²) >= 11 is 7.79. The van der Waals surface area contributed by atoms with Gasteiger partial charge in [-0.2, -0.15) is 0 Å². The molecule has 1 aromatic carbocycles. The number of rotatable bonds is 43. The maximum Gasteiger partial charge on any atom is 0.407 e. The number of hydrogen-bond donors (Lipinski definition) is 5. The van der Waals surface area contributed by atoms with Crippen molar-refractivity contribution in [2.75, 3.05) is 125 Å². The zero-order valence-electron chi connectivity index (χ0n) is 42.8. The first-order chi connectivity index (χ1) is 33.4. The Labute approximate surface area is 436 Å². The Balaban J connectivity index is 1.90. The van der Waals surface area contributed by atoms with E-state index in [1.807, 2.05) is 0 Å². The summed E-state index contributed by atoms with van der Waals surface area (Å²) in [6.07, 6.45) is 5.18. The van der Waals surface area contributed by atoms with Crippen LogP contribution in [-0.2, 0) is 68.2 Å². The van der Waals surface area contributed by atoms with Crippen LogP contribution < -0.4 is 27.0 Å². The number of thiocarbonyl (C=S) groups is 1. The molecule has 0 aromatic heterocycles. The number of esters is 1. The van der Waals surface area contributed by atoms with Crippen molar-refractivity contribution in [1.82, 2.24) is 21.3 Å². The van der Waals surface area contributed by atoms with Gasteiger partial charge in [-0.3, -0.25) is 9.59 Å². The Kier molecular flexibility index (Phi) is 38.7. The molecule has 1 rings (SSSR count). The van der Waals surface area contributed by atoms with Gasteiger partial charge >= 0.3 is 12.1 Å². The second-order valence-corrected chi connectivity index (χ2v) is 19.8. The summed E-state index contributed by atoms with van der Waals surface area (Å²) in [6, 6.07) is 7.06. The average molecular weight is 1130 g/mol. The maximum absolute atomic E-state index is 12.9. The molecule has 0 spiro atoms. The third-order valence-electron chi connectivity index (χ3n) is 9.39. The molecule has 0 aliphatic carbocycles. The van der Waals surface area contributed by atoms with E-state index in [1.54, 1.807) is 41.5 Å². The highest BCUT2D eigenvalue weighted by atomic mass is 127. The van der Waals surface area contributed by atoms with Crippen molar-refractivity contribution in [3.8, 4) is 0 Å². The standard InChI is InChI=1S/C49H86IN5O14S/c1-48(2,3)68-46(58)42(12-8-10-20-52-44(70)18-15-39-13-16-40(50)17-14-39)55-43(56)19-23-60-25-27-62-29-31-64-33-35-66-37-38-67-36-34-65-32-30-63-28-26-61-24-22-53-45(57)41(51)11-7-9-21-54-47(59)69-49(4,5)6/h13-14,16-17,41-42H,7-12,15,18-38,51H2,1-6H3,(H,52,70)(H,53,57)(H,54,59)(H,55,56)/t41-,42-/m0/s1. The number of carbonyl (C=O) groups excluding carboxylic acids is 4. The molecule has 0 radical (unpaired) electrons. The largest absolute Gasteiger partial charge is 0.458 e. The second kappa shape index (κ2) is 41.6. The van der Waals surface area contributed by atoms with Gasteiger partial charge < -0.3 is 74.4 Å². The summed E-state index contributed by atoms with van der Waals surface area (Å²) in [5, 5.41) is 11.6. The normalized spacial score (nSPS) is 12.5. The van der Waals surface area contributed by atoms with E-state index in [-0.39, 0.29) is 24.8 Å². The quantitative estimate of drug-likeness (QED) is 0.0256. The minimum atomic E-state index is -0.744. The number of benzene rings is 1. The van der Waals surface area contributed by atoms with Crippen molar-refractivity contribution in [2.24, 2.45) is 5.73 Å². The van der Waals surface area contributed by atoms with Crippen molar-refractivity contribution < 1.29 is 66.5 Å². The number of amides is 3. The molecule has 0 saturated carbocycles. The lowest BCUT2D eigenvalue weighted by atomic mass is 10.1. The Morgan fingerprint density at radius 3 is 1.49 bits per heavy atom. The van der Waals surface area contributed by atoms with Gasteiger partial charge in [-0.25, -0.2) is 9.59 Å². The fourth-order valence-corrected chi connectivity index (χ4v) is 6.46. The van der Waals surface area contributed by atoms with E-state index >= 15 is 0 Å². The van der Waals surface area contributed by atoms with Crippen LogP contribution >= 0.6 is 34.8 Å². The summed E-state index contributed by atoms with van der Waals surface area (Å²) in [5.41, 5.74) is 6.00. The van der Waals surface area contributed by atoms with Gasteiger partial charge in [0.15, 0.2) is 0 Å². The molecule has 0 aliphatic rings. The van der Waals surface area contributed by atoms with E-state index in [9.17, 15) is 19.2 Å². The molecule has 3 amide bonds. The summed E-state index contributed by atoms with van der Waals surface area (Å²) < 4.78 is 56.1. The van der Waals surface area contributed by atoms with Crippen LogP contribution in [0.2, 0.25) is 0 Å². The zero-order chi connectivity index (χ0) is 51.7. The number of unbranched alkanes of at least 4 members (excludes halogenated alkanes) is 2. The van der Waals surface area contributed by atoms with Gasteiger partial charge in [0.05, 0.1) is 117 Å². The number of carbonyl (C=O) groups is 4. The van der Waals surface area contributed by atoms with Crippen molar-refractivity contribution >= 4 is 63.7 Å². The fourth-order valence-electron chi connectivity index (χ4n) is 5.90. The van der Waals surface area contributed by atoms with Crippen LogP contribution in [0.1, 0.15) is 98.5 Å². The molecule has 19 nitrogen and oxygen atoms in total.